The van der Waals surface area contributed by atoms with Gasteiger partial charge in [0.15, 0.2) is 0 Å². The highest BCUT2D eigenvalue weighted by Crippen LogP contribution is 2.31. The molecular formula is C18H11N7OS. The van der Waals surface area contributed by atoms with Crippen molar-refractivity contribution in [2.24, 2.45) is 0 Å². The fraction of sp³-hybridized carbons (Fsp3) is 0. The van der Waals surface area contributed by atoms with Crippen molar-refractivity contribution < 1.29 is 4.42 Å². The molecule has 4 heterocycles. The Morgan fingerprint density at radius 3 is 2.63 bits per heavy atom. The number of hydrogen-bond acceptors (Lipinski definition) is 8. The Morgan fingerprint density at radius 1 is 0.889 bits per heavy atom. The van der Waals surface area contributed by atoms with Crippen LogP contribution in [0, 0.1) is 0 Å². The van der Waals surface area contributed by atoms with Crippen molar-refractivity contribution in [2.75, 3.05) is 0 Å². The summed E-state index contributed by atoms with van der Waals surface area (Å²) < 4.78 is 7.38. The van der Waals surface area contributed by atoms with Crippen molar-refractivity contribution in [3.63, 3.8) is 0 Å². The predicted molar refractivity (Wildman–Crippen MR) is 97.9 cm³/mol. The summed E-state index contributed by atoms with van der Waals surface area (Å²) in [5.74, 6) is 0.869. The first kappa shape index (κ1) is 15.6. The second-order valence-corrected chi connectivity index (χ2v) is 6.48. The second-order valence-electron chi connectivity index (χ2n) is 5.51. The molecule has 0 radical (unpaired) electrons. The second kappa shape index (κ2) is 6.61. The van der Waals surface area contributed by atoms with E-state index in [2.05, 4.69) is 30.2 Å². The lowest BCUT2D eigenvalue weighted by atomic mass is 10.1. The molecule has 0 saturated heterocycles. The third kappa shape index (κ3) is 3.04. The third-order valence-corrected chi connectivity index (χ3v) is 4.61. The standard InChI is InChI=1S/C18H11N7OS/c1-2-6-12(7-3-1)14-10-15(25-17(22-14)20-11-21-25)27-18-24-23-16(26-18)13-8-4-5-9-19-13/h1-11H. The van der Waals surface area contributed by atoms with Crippen LogP contribution in [0.4, 0.5) is 0 Å². The Labute approximate surface area is 157 Å². The van der Waals surface area contributed by atoms with Gasteiger partial charge in [-0.3, -0.25) is 4.98 Å². The van der Waals surface area contributed by atoms with Crippen LogP contribution in [0.3, 0.4) is 0 Å². The van der Waals surface area contributed by atoms with Crippen molar-refractivity contribution >= 4 is 17.5 Å². The SMILES string of the molecule is c1ccc(-c2cc(Sc3nnc(-c4ccccn4)o3)n3ncnc3n2)cc1. The van der Waals surface area contributed by atoms with Gasteiger partial charge in [-0.05, 0) is 30.0 Å². The molecule has 9 heteroatoms. The van der Waals surface area contributed by atoms with Crippen LogP contribution in [0.1, 0.15) is 0 Å². The summed E-state index contributed by atoms with van der Waals surface area (Å²) in [7, 11) is 0. The Balaban J connectivity index is 1.53. The van der Waals surface area contributed by atoms with Crippen LogP contribution in [-0.4, -0.2) is 34.8 Å². The monoisotopic (exact) mass is 373 g/mol. The van der Waals surface area contributed by atoms with Crippen LogP contribution in [0.15, 0.2) is 81.8 Å². The molecule has 0 fully saturated rings. The summed E-state index contributed by atoms with van der Waals surface area (Å²) in [6.07, 6.45) is 3.15. The molecule has 130 valence electrons. The average Bonchev–Trinajstić information content (AvgIpc) is 3.39. The molecule has 27 heavy (non-hydrogen) atoms. The number of hydrogen-bond donors (Lipinski definition) is 0. The molecule has 0 amide bonds. The maximum Gasteiger partial charge on any atom is 0.283 e. The summed E-state index contributed by atoms with van der Waals surface area (Å²) in [5, 5.41) is 13.6. The summed E-state index contributed by atoms with van der Waals surface area (Å²) >= 11 is 1.30. The summed E-state index contributed by atoms with van der Waals surface area (Å²) in [4.78, 5) is 13.0. The van der Waals surface area contributed by atoms with E-state index >= 15 is 0 Å². The van der Waals surface area contributed by atoms with E-state index in [9.17, 15) is 0 Å². The fourth-order valence-electron chi connectivity index (χ4n) is 2.55. The van der Waals surface area contributed by atoms with E-state index in [1.165, 1.54) is 18.1 Å². The number of pyridine rings is 1. The van der Waals surface area contributed by atoms with Crippen LogP contribution in [0.25, 0.3) is 28.6 Å². The first-order valence-electron chi connectivity index (χ1n) is 8.06. The molecule has 5 aromatic rings. The number of aromatic nitrogens is 7. The lowest BCUT2D eigenvalue weighted by Crippen LogP contribution is -1.97. The van der Waals surface area contributed by atoms with Gasteiger partial charge in [0.25, 0.3) is 16.9 Å². The zero-order chi connectivity index (χ0) is 18.1. The smallest absolute Gasteiger partial charge is 0.283 e. The summed E-state index contributed by atoms with van der Waals surface area (Å²) in [6, 6.07) is 17.3. The zero-order valence-corrected chi connectivity index (χ0v) is 14.6. The Kier molecular flexibility index (Phi) is 3.83. The Morgan fingerprint density at radius 2 is 1.78 bits per heavy atom. The molecule has 0 atom stereocenters. The van der Waals surface area contributed by atoms with Gasteiger partial charge >= 0.3 is 0 Å². The van der Waals surface area contributed by atoms with Crippen molar-refractivity contribution in [2.45, 2.75) is 10.2 Å². The van der Waals surface area contributed by atoms with Gasteiger partial charge in [-0.1, -0.05) is 36.4 Å². The van der Waals surface area contributed by atoms with Gasteiger partial charge in [0.2, 0.25) is 0 Å². The Hall–Kier alpha value is -3.59. The molecule has 1 aromatic carbocycles. The molecule has 0 aliphatic heterocycles. The predicted octanol–water partition coefficient (Wildman–Crippen LogP) is 3.39. The molecule has 0 aliphatic rings. The van der Waals surface area contributed by atoms with Crippen molar-refractivity contribution in [3.8, 4) is 22.8 Å². The van der Waals surface area contributed by atoms with Gasteiger partial charge in [0.1, 0.15) is 17.0 Å². The number of nitrogens with zero attached hydrogens (tertiary/aromatic N) is 7. The van der Waals surface area contributed by atoms with Gasteiger partial charge in [-0.2, -0.15) is 14.6 Å². The molecule has 4 aromatic heterocycles. The highest BCUT2D eigenvalue weighted by Gasteiger charge is 2.15. The lowest BCUT2D eigenvalue weighted by Gasteiger charge is -2.05. The normalized spacial score (nSPS) is 11.1. The lowest BCUT2D eigenvalue weighted by molar-refractivity contribution is 0.464. The highest BCUT2D eigenvalue weighted by molar-refractivity contribution is 7.99. The molecule has 8 nitrogen and oxygen atoms in total. The molecule has 0 unspecified atom stereocenters. The number of benzene rings is 1. The molecule has 0 spiro atoms. The minimum absolute atomic E-state index is 0.366. The maximum absolute atomic E-state index is 5.74. The molecular weight excluding hydrogens is 362 g/mol. The van der Waals surface area contributed by atoms with Crippen molar-refractivity contribution in [3.05, 3.63) is 67.1 Å². The van der Waals surface area contributed by atoms with Gasteiger partial charge in [-0.15, -0.1) is 10.2 Å². The van der Waals surface area contributed by atoms with E-state index < -0.39 is 0 Å². The van der Waals surface area contributed by atoms with Crippen LogP contribution in [0.2, 0.25) is 0 Å². The van der Waals surface area contributed by atoms with Crippen molar-refractivity contribution in [1.29, 1.82) is 0 Å². The topological polar surface area (TPSA) is 94.9 Å². The Bertz CT molecular complexity index is 1200. The molecule has 0 aliphatic carbocycles. The van der Waals surface area contributed by atoms with Gasteiger partial charge in [0, 0.05) is 11.8 Å². The molecule has 0 saturated carbocycles. The van der Waals surface area contributed by atoms with E-state index in [1.54, 1.807) is 10.7 Å². The first-order valence-corrected chi connectivity index (χ1v) is 8.87. The van der Waals surface area contributed by atoms with E-state index in [4.69, 9.17) is 4.42 Å². The van der Waals surface area contributed by atoms with E-state index in [0.717, 1.165) is 16.3 Å². The minimum Gasteiger partial charge on any atom is -0.409 e. The van der Waals surface area contributed by atoms with Crippen LogP contribution in [-0.2, 0) is 0 Å². The quantitative estimate of drug-likeness (QED) is 0.442. The molecule has 5 rings (SSSR count). The van der Waals surface area contributed by atoms with Gasteiger partial charge in [0.05, 0.1) is 5.69 Å². The number of fused-ring (bicyclic) bond motifs is 1. The minimum atomic E-state index is 0.366. The van der Waals surface area contributed by atoms with Gasteiger partial charge < -0.3 is 4.42 Å². The van der Waals surface area contributed by atoms with Crippen LogP contribution >= 0.6 is 11.8 Å². The van der Waals surface area contributed by atoms with Crippen LogP contribution < -0.4 is 0 Å². The van der Waals surface area contributed by atoms with E-state index in [1.807, 2.05) is 54.6 Å². The maximum atomic E-state index is 5.74. The summed E-state index contributed by atoms with van der Waals surface area (Å²) in [6.45, 7) is 0. The largest absolute Gasteiger partial charge is 0.409 e. The van der Waals surface area contributed by atoms with Crippen molar-refractivity contribution in [1.82, 2.24) is 34.8 Å². The molecule has 0 N–H and O–H groups in total. The first-order chi connectivity index (χ1) is 13.4. The molecule has 0 bridgehead atoms. The fourth-order valence-corrected chi connectivity index (χ4v) is 3.31. The third-order valence-electron chi connectivity index (χ3n) is 3.77. The van der Waals surface area contributed by atoms with E-state index in [0.29, 0.717) is 22.6 Å². The average molecular weight is 373 g/mol. The number of rotatable bonds is 4. The van der Waals surface area contributed by atoms with Gasteiger partial charge in [-0.25, -0.2) is 4.98 Å². The zero-order valence-electron chi connectivity index (χ0n) is 13.8. The highest BCUT2D eigenvalue weighted by atomic mass is 32.2. The summed E-state index contributed by atoms with van der Waals surface area (Å²) in [5.41, 5.74) is 2.41. The van der Waals surface area contributed by atoms with Crippen LogP contribution in [0.5, 0.6) is 0 Å². The van der Waals surface area contributed by atoms with E-state index in [-0.39, 0.29) is 0 Å².